The number of anilines is 2. The molecule has 0 radical (unpaired) electrons. The molecule has 1 amide bonds. The Balaban J connectivity index is 1.93. The zero-order valence-electron chi connectivity index (χ0n) is 12.8. The summed E-state index contributed by atoms with van der Waals surface area (Å²) >= 11 is 0. The molecular formula is C17H23N3O. The third-order valence-corrected chi connectivity index (χ3v) is 3.97. The van der Waals surface area contributed by atoms with Crippen molar-refractivity contribution < 1.29 is 4.79 Å². The first-order valence-corrected chi connectivity index (χ1v) is 7.60. The van der Waals surface area contributed by atoms with E-state index in [2.05, 4.69) is 10.6 Å². The summed E-state index contributed by atoms with van der Waals surface area (Å²) < 4.78 is 0. The number of benzene rings is 1. The summed E-state index contributed by atoms with van der Waals surface area (Å²) in [6, 6.07) is 10.3. The number of nitriles is 1. The first-order chi connectivity index (χ1) is 10.0. The second kappa shape index (κ2) is 6.62. The van der Waals surface area contributed by atoms with E-state index in [1.807, 2.05) is 30.3 Å². The van der Waals surface area contributed by atoms with Gasteiger partial charge < -0.3 is 10.6 Å². The number of nitrogens with zero attached hydrogens (tertiary/aromatic N) is 1. The van der Waals surface area contributed by atoms with Gasteiger partial charge in [-0.3, -0.25) is 4.79 Å². The van der Waals surface area contributed by atoms with Gasteiger partial charge in [-0.25, -0.2) is 0 Å². The maximum Gasteiger partial charge on any atom is 0.244 e. The summed E-state index contributed by atoms with van der Waals surface area (Å²) in [4.78, 5) is 11.9. The summed E-state index contributed by atoms with van der Waals surface area (Å²) in [6.45, 7) is 3.22. The molecule has 1 aliphatic carbocycles. The van der Waals surface area contributed by atoms with Crippen molar-refractivity contribution in [1.29, 1.82) is 5.26 Å². The van der Waals surface area contributed by atoms with Crippen LogP contribution < -0.4 is 10.6 Å². The van der Waals surface area contributed by atoms with Crippen molar-refractivity contribution in [1.82, 2.24) is 0 Å². The summed E-state index contributed by atoms with van der Waals surface area (Å²) in [5, 5.41) is 15.3. The van der Waals surface area contributed by atoms with Gasteiger partial charge in [0.05, 0.1) is 6.07 Å². The third-order valence-electron chi connectivity index (χ3n) is 3.97. The van der Waals surface area contributed by atoms with Gasteiger partial charge in [0.15, 0.2) is 0 Å². The average molecular weight is 285 g/mol. The molecule has 0 atom stereocenters. The maximum atomic E-state index is 11.9. The van der Waals surface area contributed by atoms with E-state index in [9.17, 15) is 4.79 Å². The molecule has 1 aliphatic rings. The fraction of sp³-hybridized carbons (Fsp3) is 0.529. The zero-order valence-corrected chi connectivity index (χ0v) is 12.8. The van der Waals surface area contributed by atoms with Gasteiger partial charge in [-0.1, -0.05) is 19.3 Å². The van der Waals surface area contributed by atoms with Crippen LogP contribution in [0.2, 0.25) is 0 Å². The Bertz CT molecular complexity index is 522. The molecule has 0 aliphatic heterocycles. The molecule has 112 valence electrons. The van der Waals surface area contributed by atoms with E-state index in [1.165, 1.54) is 32.1 Å². The normalized spacial score (nSPS) is 16.0. The molecule has 2 N–H and O–H groups in total. The van der Waals surface area contributed by atoms with E-state index >= 15 is 0 Å². The summed E-state index contributed by atoms with van der Waals surface area (Å²) in [7, 11) is 0. The first-order valence-electron chi connectivity index (χ1n) is 7.60. The van der Waals surface area contributed by atoms with Crippen LogP contribution >= 0.6 is 0 Å². The van der Waals surface area contributed by atoms with E-state index < -0.39 is 5.41 Å². The molecular weight excluding hydrogens is 262 g/mol. The predicted molar refractivity (Wildman–Crippen MR) is 85.0 cm³/mol. The predicted octanol–water partition coefficient (Wildman–Crippen LogP) is 3.92. The zero-order chi connectivity index (χ0) is 15.3. The number of carbonyl (C=O) groups is 1. The monoisotopic (exact) mass is 285 g/mol. The van der Waals surface area contributed by atoms with Crippen LogP contribution in [0.1, 0.15) is 46.0 Å². The van der Waals surface area contributed by atoms with Gasteiger partial charge >= 0.3 is 0 Å². The minimum atomic E-state index is -1.01. The summed E-state index contributed by atoms with van der Waals surface area (Å²) in [5.41, 5.74) is 0.788. The highest BCUT2D eigenvalue weighted by Crippen LogP contribution is 2.23. The van der Waals surface area contributed by atoms with Crippen molar-refractivity contribution in [2.45, 2.75) is 52.0 Å². The molecule has 0 saturated heterocycles. The van der Waals surface area contributed by atoms with Crippen LogP contribution in [0, 0.1) is 16.7 Å². The van der Waals surface area contributed by atoms with Crippen molar-refractivity contribution in [3.05, 3.63) is 24.3 Å². The summed E-state index contributed by atoms with van der Waals surface area (Å²) in [5.74, 6) is -0.280. The number of nitrogens with one attached hydrogen (secondary N) is 2. The Hall–Kier alpha value is -2.02. The largest absolute Gasteiger partial charge is 0.382 e. The lowest BCUT2D eigenvalue weighted by Gasteiger charge is -2.24. The Labute approximate surface area is 126 Å². The number of rotatable bonds is 4. The molecule has 0 aromatic heterocycles. The van der Waals surface area contributed by atoms with Gasteiger partial charge in [-0.2, -0.15) is 5.26 Å². The molecule has 0 heterocycles. The molecule has 0 spiro atoms. The fourth-order valence-electron chi connectivity index (χ4n) is 2.47. The minimum Gasteiger partial charge on any atom is -0.382 e. The molecule has 0 unspecified atom stereocenters. The Morgan fingerprint density at radius 3 is 2.29 bits per heavy atom. The van der Waals surface area contributed by atoms with E-state index in [0.717, 1.165) is 11.4 Å². The molecule has 4 heteroatoms. The van der Waals surface area contributed by atoms with Crippen molar-refractivity contribution in [3.63, 3.8) is 0 Å². The quantitative estimate of drug-likeness (QED) is 0.881. The van der Waals surface area contributed by atoms with E-state index in [0.29, 0.717) is 6.04 Å². The van der Waals surface area contributed by atoms with Gasteiger partial charge in [-0.15, -0.1) is 0 Å². The lowest BCUT2D eigenvalue weighted by Crippen LogP contribution is -2.29. The van der Waals surface area contributed by atoms with Crippen LogP contribution in [0.25, 0.3) is 0 Å². The standard InChI is InChI=1S/C17H23N3O/c1-17(2,12-18)16(21)20-15-10-8-14(9-11-15)19-13-6-4-3-5-7-13/h8-11,13,19H,3-7H2,1-2H3,(H,20,21). The first kappa shape index (κ1) is 15.4. The minimum absolute atomic E-state index is 0.280. The fourth-order valence-corrected chi connectivity index (χ4v) is 2.47. The molecule has 1 aromatic rings. The number of carbonyl (C=O) groups excluding carboxylic acids is 1. The average Bonchev–Trinajstić information content (AvgIpc) is 2.50. The number of hydrogen-bond donors (Lipinski definition) is 2. The van der Waals surface area contributed by atoms with Crippen molar-refractivity contribution in [2.75, 3.05) is 10.6 Å². The Morgan fingerprint density at radius 1 is 1.14 bits per heavy atom. The van der Waals surface area contributed by atoms with Crippen LogP contribution in [-0.2, 0) is 4.79 Å². The van der Waals surface area contributed by atoms with Gasteiger partial charge in [0.1, 0.15) is 5.41 Å². The lowest BCUT2D eigenvalue weighted by molar-refractivity contribution is -0.121. The molecule has 1 saturated carbocycles. The number of amides is 1. The Kier molecular flexibility index (Phi) is 4.85. The lowest BCUT2D eigenvalue weighted by atomic mass is 9.94. The van der Waals surface area contributed by atoms with Crippen LogP contribution in [-0.4, -0.2) is 11.9 Å². The van der Waals surface area contributed by atoms with Gasteiger partial charge in [0.2, 0.25) is 5.91 Å². The SMILES string of the molecule is CC(C)(C#N)C(=O)Nc1ccc(NC2CCCCC2)cc1. The smallest absolute Gasteiger partial charge is 0.244 e. The second-order valence-electron chi connectivity index (χ2n) is 6.25. The van der Waals surface area contributed by atoms with Gasteiger partial charge in [-0.05, 0) is 51.0 Å². The molecule has 4 nitrogen and oxygen atoms in total. The van der Waals surface area contributed by atoms with E-state index in [-0.39, 0.29) is 5.91 Å². The summed E-state index contributed by atoms with van der Waals surface area (Å²) in [6.07, 6.45) is 6.41. The van der Waals surface area contributed by atoms with Crippen LogP contribution in [0.15, 0.2) is 24.3 Å². The topological polar surface area (TPSA) is 64.9 Å². The van der Waals surface area contributed by atoms with E-state index in [4.69, 9.17) is 5.26 Å². The maximum absolute atomic E-state index is 11.9. The van der Waals surface area contributed by atoms with Gasteiger partial charge in [0, 0.05) is 17.4 Å². The molecule has 1 fully saturated rings. The second-order valence-corrected chi connectivity index (χ2v) is 6.25. The highest BCUT2D eigenvalue weighted by atomic mass is 16.2. The van der Waals surface area contributed by atoms with Crippen molar-refractivity contribution in [2.24, 2.45) is 5.41 Å². The van der Waals surface area contributed by atoms with Crippen molar-refractivity contribution >= 4 is 17.3 Å². The van der Waals surface area contributed by atoms with Gasteiger partial charge in [0.25, 0.3) is 0 Å². The molecule has 2 rings (SSSR count). The van der Waals surface area contributed by atoms with Crippen LogP contribution in [0.3, 0.4) is 0 Å². The molecule has 0 bridgehead atoms. The highest BCUT2D eigenvalue weighted by molar-refractivity contribution is 5.96. The third kappa shape index (κ3) is 4.22. The van der Waals surface area contributed by atoms with Crippen LogP contribution in [0.4, 0.5) is 11.4 Å². The Morgan fingerprint density at radius 2 is 1.71 bits per heavy atom. The van der Waals surface area contributed by atoms with E-state index in [1.54, 1.807) is 13.8 Å². The molecule has 1 aromatic carbocycles. The van der Waals surface area contributed by atoms with Crippen LogP contribution in [0.5, 0.6) is 0 Å². The molecule has 21 heavy (non-hydrogen) atoms. The number of hydrogen-bond acceptors (Lipinski definition) is 3. The van der Waals surface area contributed by atoms with Crippen molar-refractivity contribution in [3.8, 4) is 6.07 Å². The highest BCUT2D eigenvalue weighted by Gasteiger charge is 2.27.